The van der Waals surface area contributed by atoms with Gasteiger partial charge in [0.25, 0.3) is 5.24 Å². The Hall–Kier alpha value is -1.28. The molecule has 0 fully saturated rings. The van der Waals surface area contributed by atoms with E-state index in [0.29, 0.717) is 30.2 Å². The summed E-state index contributed by atoms with van der Waals surface area (Å²) in [6.45, 7) is 10.1. The number of rotatable bonds is 18. The summed E-state index contributed by atoms with van der Waals surface area (Å²) >= 11 is 7.38. The number of carbonyl (C=O) groups is 1. The van der Waals surface area contributed by atoms with Crippen molar-refractivity contribution in [3.8, 4) is 0 Å². The van der Waals surface area contributed by atoms with Gasteiger partial charge in [0, 0.05) is 28.4 Å². The van der Waals surface area contributed by atoms with Crippen LogP contribution < -0.4 is 10.6 Å². The highest BCUT2D eigenvalue weighted by atomic mass is 35.5. The summed E-state index contributed by atoms with van der Waals surface area (Å²) in [6.07, 6.45) is 4.52. The zero-order valence-corrected chi connectivity index (χ0v) is 28.8. The maximum absolute atomic E-state index is 13.2. The van der Waals surface area contributed by atoms with Crippen LogP contribution in [-0.2, 0) is 4.57 Å². The third-order valence-corrected chi connectivity index (χ3v) is 11.5. The van der Waals surface area contributed by atoms with Crippen LogP contribution in [0, 0.1) is 4.91 Å². The zero-order chi connectivity index (χ0) is 33.3. The number of nitrogens with zero attached hydrogens (tertiary/aromatic N) is 4. The number of thioether (sulfide) groups is 1. The second kappa shape index (κ2) is 20.8. The van der Waals surface area contributed by atoms with E-state index < -0.39 is 21.1 Å². The average molecular weight is 698 g/mol. The Morgan fingerprint density at radius 2 is 1.86 bits per heavy atom. The van der Waals surface area contributed by atoms with E-state index in [9.17, 15) is 19.4 Å². The molecule has 1 amide bonds. The minimum Gasteiger partial charge on any atom is -0.370 e. The summed E-state index contributed by atoms with van der Waals surface area (Å²) < 4.78 is 10.8. The second-order valence-electron chi connectivity index (χ2n) is 10.1. The standard InChI is InChI=1S/C22H31ClN4O2S.C5H15NO6P2/c1-4-26(5-2)14-6-8-17(3)27(22(28)30-15-7-12-25-29)21-11-13-24-20-16-18(23)9-10-19(20)21;6-4-2-1-3-5(7,13(8)9)14(10,11)12/h9-11,13,16-17H,4-8,12,14-15H2,1-3H3;7-9H,1-4,6H2,(H2,10,11,12). The molecule has 1 heterocycles. The first-order valence-electron chi connectivity index (χ1n) is 14.4. The molecule has 2 rings (SSSR count). The van der Waals surface area contributed by atoms with Gasteiger partial charge in [0.2, 0.25) is 13.5 Å². The molecule has 2 atom stereocenters. The molecule has 44 heavy (non-hydrogen) atoms. The third-order valence-electron chi connectivity index (χ3n) is 6.94. The number of aliphatic hydroxyl groups is 1. The normalized spacial score (nSPS) is 13.8. The van der Waals surface area contributed by atoms with E-state index in [1.807, 2.05) is 29.2 Å². The van der Waals surface area contributed by atoms with Gasteiger partial charge in [-0.1, -0.05) is 42.4 Å². The van der Waals surface area contributed by atoms with E-state index >= 15 is 0 Å². The van der Waals surface area contributed by atoms with Crippen LogP contribution in [-0.4, -0.2) is 89.4 Å². The van der Waals surface area contributed by atoms with Crippen molar-refractivity contribution in [3.63, 3.8) is 0 Å². The predicted molar refractivity (Wildman–Crippen MR) is 180 cm³/mol. The molecule has 1 aromatic heterocycles. The molecule has 1 aromatic carbocycles. The molecule has 13 nitrogen and oxygen atoms in total. The number of carbonyl (C=O) groups excluding carboxylic acids is 1. The average Bonchev–Trinajstić information content (AvgIpc) is 2.97. The van der Waals surface area contributed by atoms with Crippen molar-refractivity contribution < 1.29 is 34.0 Å². The van der Waals surface area contributed by atoms with Crippen LogP contribution in [0.25, 0.3) is 10.9 Å². The van der Waals surface area contributed by atoms with E-state index in [2.05, 4.69) is 35.8 Å². The van der Waals surface area contributed by atoms with Gasteiger partial charge in [-0.2, -0.15) is 4.91 Å². The SMILES string of the molecule is CCN(CC)CCCC(C)N(C(=O)SCCCN=O)c1ccnc2cc(Cl)ccc12.NCCCCC(O)(P(O)O)P(=O)(O)O. The van der Waals surface area contributed by atoms with E-state index in [4.69, 9.17) is 36.9 Å². The summed E-state index contributed by atoms with van der Waals surface area (Å²) in [5, 5.41) is 11.0. The van der Waals surface area contributed by atoms with Gasteiger partial charge in [0.15, 0.2) is 0 Å². The maximum Gasteiger partial charge on any atom is 0.366 e. The fourth-order valence-corrected chi connectivity index (χ4v) is 7.11. The monoisotopic (exact) mass is 697 g/mol. The Balaban J connectivity index is 0.000000582. The summed E-state index contributed by atoms with van der Waals surface area (Å²) in [5.74, 6) is 0.572. The van der Waals surface area contributed by atoms with Crippen LogP contribution in [0.15, 0.2) is 35.6 Å². The minimum absolute atomic E-state index is 0.0151. The van der Waals surface area contributed by atoms with Crippen molar-refractivity contribution in [1.29, 1.82) is 0 Å². The lowest BCUT2D eigenvalue weighted by molar-refractivity contribution is 0.136. The molecule has 0 bridgehead atoms. The molecule has 0 aliphatic carbocycles. The van der Waals surface area contributed by atoms with Crippen molar-refractivity contribution in [1.82, 2.24) is 9.88 Å². The molecule has 0 radical (unpaired) electrons. The van der Waals surface area contributed by atoms with Gasteiger partial charge in [-0.05, 0) is 95.9 Å². The van der Waals surface area contributed by atoms with Gasteiger partial charge in [-0.15, -0.1) is 0 Å². The number of pyridine rings is 1. The molecule has 0 aliphatic rings. The molecule has 250 valence electrons. The number of hydrogen-bond acceptors (Lipinski definition) is 11. The number of unbranched alkanes of at least 4 members (excludes halogenated alkanes) is 1. The van der Waals surface area contributed by atoms with Gasteiger partial charge in [0.1, 0.15) is 0 Å². The van der Waals surface area contributed by atoms with Gasteiger partial charge < -0.3 is 35.3 Å². The lowest BCUT2D eigenvalue weighted by Crippen LogP contribution is -2.37. The first kappa shape index (κ1) is 40.7. The highest BCUT2D eigenvalue weighted by Crippen LogP contribution is 2.65. The van der Waals surface area contributed by atoms with Crippen molar-refractivity contribution >= 4 is 61.2 Å². The van der Waals surface area contributed by atoms with Crippen molar-refractivity contribution in [2.45, 2.75) is 70.4 Å². The van der Waals surface area contributed by atoms with E-state index in [1.165, 1.54) is 11.8 Å². The largest absolute Gasteiger partial charge is 0.370 e. The molecule has 0 spiro atoms. The summed E-state index contributed by atoms with van der Waals surface area (Å²) in [5.41, 5.74) is 6.76. The Morgan fingerprint density at radius 3 is 2.43 bits per heavy atom. The number of aromatic nitrogens is 1. The molecule has 17 heteroatoms. The Bertz CT molecular complexity index is 1210. The predicted octanol–water partition coefficient (Wildman–Crippen LogP) is 5.45. The van der Waals surface area contributed by atoms with Crippen molar-refractivity contribution in [2.75, 3.05) is 43.4 Å². The number of halogens is 1. The molecular weight excluding hydrogens is 652 g/mol. The Labute approximate surface area is 269 Å². The lowest BCUT2D eigenvalue weighted by atomic mass is 10.1. The lowest BCUT2D eigenvalue weighted by Gasteiger charge is -2.30. The first-order valence-corrected chi connectivity index (χ1v) is 18.7. The second-order valence-corrected chi connectivity index (χ2v) is 15.0. The van der Waals surface area contributed by atoms with Crippen LogP contribution >= 0.6 is 39.3 Å². The maximum atomic E-state index is 13.2. The fourth-order valence-electron chi connectivity index (χ4n) is 4.34. The van der Waals surface area contributed by atoms with Gasteiger partial charge >= 0.3 is 7.60 Å². The summed E-state index contributed by atoms with van der Waals surface area (Å²) in [4.78, 5) is 67.2. The van der Waals surface area contributed by atoms with Crippen molar-refractivity contribution in [2.24, 2.45) is 10.9 Å². The topological polar surface area (TPSA) is 210 Å². The Morgan fingerprint density at radius 1 is 1.18 bits per heavy atom. The quantitative estimate of drug-likeness (QED) is 0.0652. The molecule has 7 N–H and O–H groups in total. The minimum atomic E-state index is -4.94. The van der Waals surface area contributed by atoms with Crippen molar-refractivity contribution in [3.05, 3.63) is 40.4 Å². The zero-order valence-electron chi connectivity index (χ0n) is 25.5. The third kappa shape index (κ3) is 12.8. The smallest absolute Gasteiger partial charge is 0.366 e. The Kier molecular flexibility index (Phi) is 19.2. The molecule has 0 saturated carbocycles. The molecule has 0 aliphatic heterocycles. The van der Waals surface area contributed by atoms with Crippen LogP contribution in [0.4, 0.5) is 10.5 Å². The number of hydrogen-bond donors (Lipinski definition) is 6. The van der Waals surface area contributed by atoms with Gasteiger partial charge in [-0.3, -0.25) is 19.2 Å². The van der Waals surface area contributed by atoms with Crippen LogP contribution in [0.3, 0.4) is 0 Å². The number of nitroso groups, excluding NO2 is 1. The molecule has 2 unspecified atom stereocenters. The van der Waals surface area contributed by atoms with Crippen LogP contribution in [0.5, 0.6) is 0 Å². The number of amides is 1. The summed E-state index contributed by atoms with van der Waals surface area (Å²) in [7, 11) is -8.04. The van der Waals surface area contributed by atoms with E-state index in [0.717, 1.165) is 49.1 Å². The van der Waals surface area contributed by atoms with Gasteiger partial charge in [0.05, 0.1) is 17.7 Å². The first-order chi connectivity index (χ1) is 20.8. The highest BCUT2D eigenvalue weighted by Gasteiger charge is 2.51. The van der Waals surface area contributed by atoms with Crippen LogP contribution in [0.2, 0.25) is 5.02 Å². The fraction of sp³-hybridized carbons (Fsp3) is 0.630. The molecule has 0 saturated heterocycles. The van der Waals surface area contributed by atoms with E-state index in [-0.39, 0.29) is 30.7 Å². The molecule has 2 aromatic rings. The van der Waals surface area contributed by atoms with Crippen LogP contribution in [0.1, 0.15) is 59.3 Å². The number of fused-ring (bicyclic) bond motifs is 1. The number of nitrogens with two attached hydrogens (primary N) is 1. The summed E-state index contributed by atoms with van der Waals surface area (Å²) in [6, 6.07) is 7.49. The highest BCUT2D eigenvalue weighted by molar-refractivity contribution is 8.13. The molecular formula is C27H46ClN5O8P2S. The number of anilines is 1. The van der Waals surface area contributed by atoms with E-state index in [1.54, 1.807) is 6.20 Å². The number of benzene rings is 1. The van der Waals surface area contributed by atoms with Gasteiger partial charge in [-0.25, -0.2) is 0 Å².